The highest BCUT2D eigenvalue weighted by Crippen LogP contribution is 2.38. The summed E-state index contributed by atoms with van der Waals surface area (Å²) in [5, 5.41) is 0. The molecule has 0 aliphatic heterocycles. The van der Waals surface area contributed by atoms with Crippen LogP contribution in [0.15, 0.2) is 12.1 Å². The van der Waals surface area contributed by atoms with E-state index in [1.54, 1.807) is 0 Å². The highest BCUT2D eigenvalue weighted by atomic mass is 35.5. The Kier molecular flexibility index (Phi) is 2.36. The summed E-state index contributed by atoms with van der Waals surface area (Å²) in [6, 6.07) is 4.67. The van der Waals surface area contributed by atoms with Gasteiger partial charge in [0.2, 0.25) is 0 Å². The molecule has 0 bridgehead atoms. The Morgan fingerprint density at radius 1 is 1.38 bits per heavy atom. The molecule has 0 atom stereocenters. The normalized spacial score (nSPS) is 15.9. The van der Waals surface area contributed by atoms with Gasteiger partial charge in [0.05, 0.1) is 0 Å². The first kappa shape index (κ1) is 10.1. The quantitative estimate of drug-likeness (QED) is 0.766. The van der Waals surface area contributed by atoms with E-state index in [2.05, 4.69) is 14.5 Å². The highest BCUT2D eigenvalue weighted by Gasteiger charge is 2.28. The summed E-state index contributed by atoms with van der Waals surface area (Å²) in [7, 11) is 0. The predicted molar refractivity (Wildman–Crippen MR) is 65.0 cm³/mol. The number of hydrogen-bond acceptors (Lipinski definition) is 2. The van der Waals surface area contributed by atoms with Crippen LogP contribution in [-0.4, -0.2) is 20.4 Å². The van der Waals surface area contributed by atoms with Gasteiger partial charge in [0.15, 0.2) is 5.65 Å². The molecule has 2 aromatic heterocycles. The Labute approximate surface area is 99.5 Å². The standard InChI is InChI=1S/C12H14ClN3/c1-8-2-5-10-12(14-8)16(9-3-4-9)11(15-10)6-7-13/h2,5,9H,3-4,6-7H2,1H3. The van der Waals surface area contributed by atoms with Gasteiger partial charge in [0, 0.05) is 24.0 Å². The van der Waals surface area contributed by atoms with Crippen LogP contribution in [0.25, 0.3) is 11.2 Å². The van der Waals surface area contributed by atoms with Gasteiger partial charge in [-0.1, -0.05) is 0 Å². The van der Waals surface area contributed by atoms with E-state index >= 15 is 0 Å². The van der Waals surface area contributed by atoms with Gasteiger partial charge in [0.25, 0.3) is 0 Å². The van der Waals surface area contributed by atoms with Crippen LogP contribution in [0.1, 0.15) is 30.4 Å². The van der Waals surface area contributed by atoms with Gasteiger partial charge in [-0.3, -0.25) is 0 Å². The second-order valence-electron chi connectivity index (χ2n) is 4.36. The smallest absolute Gasteiger partial charge is 0.160 e. The minimum atomic E-state index is 0.609. The van der Waals surface area contributed by atoms with Crippen molar-refractivity contribution in [1.29, 1.82) is 0 Å². The lowest BCUT2D eigenvalue weighted by molar-refractivity contribution is 0.702. The van der Waals surface area contributed by atoms with E-state index in [1.807, 2.05) is 19.1 Å². The lowest BCUT2D eigenvalue weighted by Crippen LogP contribution is -2.03. The third kappa shape index (κ3) is 1.59. The van der Waals surface area contributed by atoms with Crippen LogP contribution in [0.3, 0.4) is 0 Å². The fraction of sp³-hybridized carbons (Fsp3) is 0.500. The van der Waals surface area contributed by atoms with Gasteiger partial charge in [-0.15, -0.1) is 11.6 Å². The van der Waals surface area contributed by atoms with Crippen molar-refractivity contribution in [2.45, 2.75) is 32.2 Å². The summed E-state index contributed by atoms with van der Waals surface area (Å²) in [4.78, 5) is 9.22. The number of pyridine rings is 1. The minimum Gasteiger partial charge on any atom is -0.310 e. The van der Waals surface area contributed by atoms with E-state index in [9.17, 15) is 0 Å². The Balaban J connectivity index is 2.21. The van der Waals surface area contributed by atoms with E-state index in [0.717, 1.165) is 29.1 Å². The lowest BCUT2D eigenvalue weighted by Gasteiger charge is -2.05. The van der Waals surface area contributed by atoms with Crippen molar-refractivity contribution >= 4 is 22.8 Å². The summed E-state index contributed by atoms with van der Waals surface area (Å²) >= 11 is 5.82. The summed E-state index contributed by atoms with van der Waals surface area (Å²) < 4.78 is 2.28. The van der Waals surface area contributed by atoms with Crippen molar-refractivity contribution in [3.05, 3.63) is 23.7 Å². The summed E-state index contributed by atoms with van der Waals surface area (Å²) in [5.41, 5.74) is 3.08. The van der Waals surface area contributed by atoms with Crippen LogP contribution in [0.4, 0.5) is 0 Å². The molecule has 0 saturated heterocycles. The van der Waals surface area contributed by atoms with Crippen molar-refractivity contribution in [3.63, 3.8) is 0 Å². The van der Waals surface area contributed by atoms with E-state index in [-0.39, 0.29) is 0 Å². The second kappa shape index (κ2) is 3.74. The second-order valence-corrected chi connectivity index (χ2v) is 4.74. The van der Waals surface area contributed by atoms with Gasteiger partial charge in [-0.25, -0.2) is 9.97 Å². The van der Waals surface area contributed by atoms with Crippen molar-refractivity contribution in [2.24, 2.45) is 0 Å². The Bertz CT molecular complexity index is 528. The molecule has 1 aliphatic carbocycles. The third-order valence-corrected chi connectivity index (χ3v) is 3.17. The molecule has 84 valence electrons. The van der Waals surface area contributed by atoms with E-state index < -0.39 is 0 Å². The Morgan fingerprint density at radius 2 is 2.19 bits per heavy atom. The zero-order valence-corrected chi connectivity index (χ0v) is 10.0. The minimum absolute atomic E-state index is 0.609. The van der Waals surface area contributed by atoms with Crippen LogP contribution in [0, 0.1) is 6.92 Å². The zero-order valence-electron chi connectivity index (χ0n) is 9.28. The molecule has 0 unspecified atom stereocenters. The Hall–Kier alpha value is -1.09. The number of alkyl halides is 1. The zero-order chi connectivity index (χ0) is 11.1. The van der Waals surface area contributed by atoms with Gasteiger partial charge < -0.3 is 4.57 Å². The lowest BCUT2D eigenvalue weighted by atomic mass is 10.3. The number of rotatable bonds is 3. The first-order valence-corrected chi connectivity index (χ1v) is 6.23. The van der Waals surface area contributed by atoms with Crippen molar-refractivity contribution < 1.29 is 0 Å². The van der Waals surface area contributed by atoms with E-state index in [4.69, 9.17) is 11.6 Å². The number of hydrogen-bond donors (Lipinski definition) is 0. The number of aromatic nitrogens is 3. The molecule has 0 spiro atoms. The molecule has 3 rings (SSSR count). The molecule has 4 heteroatoms. The summed E-state index contributed by atoms with van der Waals surface area (Å²) in [5.74, 6) is 1.71. The summed E-state index contributed by atoms with van der Waals surface area (Å²) in [6.07, 6.45) is 3.32. The molecule has 1 fully saturated rings. The van der Waals surface area contributed by atoms with Gasteiger partial charge >= 0.3 is 0 Å². The van der Waals surface area contributed by atoms with Gasteiger partial charge in [-0.05, 0) is 31.9 Å². The molecule has 3 nitrogen and oxygen atoms in total. The molecule has 0 amide bonds. The SMILES string of the molecule is Cc1ccc2nc(CCCl)n(C3CC3)c2n1. The maximum Gasteiger partial charge on any atom is 0.160 e. The third-order valence-electron chi connectivity index (χ3n) is 2.98. The van der Waals surface area contributed by atoms with E-state index in [0.29, 0.717) is 11.9 Å². The molecule has 16 heavy (non-hydrogen) atoms. The van der Waals surface area contributed by atoms with Crippen LogP contribution >= 0.6 is 11.6 Å². The average Bonchev–Trinajstić information content (AvgIpc) is 3.02. The fourth-order valence-corrected chi connectivity index (χ4v) is 2.26. The number of nitrogens with zero attached hydrogens (tertiary/aromatic N) is 3. The molecule has 1 saturated carbocycles. The number of fused-ring (bicyclic) bond motifs is 1. The topological polar surface area (TPSA) is 30.7 Å². The molecule has 1 aliphatic rings. The molecule has 2 heterocycles. The van der Waals surface area contributed by atoms with Gasteiger partial charge in [-0.2, -0.15) is 0 Å². The number of imidazole rings is 1. The molecular formula is C12H14ClN3. The number of aryl methyl sites for hydroxylation is 2. The maximum atomic E-state index is 5.82. The molecule has 0 aromatic carbocycles. The summed E-state index contributed by atoms with van der Waals surface area (Å²) in [6.45, 7) is 2.02. The van der Waals surface area contributed by atoms with E-state index in [1.165, 1.54) is 12.8 Å². The maximum absolute atomic E-state index is 5.82. The molecule has 0 radical (unpaired) electrons. The predicted octanol–water partition coefficient (Wildman–Crippen LogP) is 2.86. The monoisotopic (exact) mass is 235 g/mol. The van der Waals surface area contributed by atoms with Crippen LogP contribution in [0.2, 0.25) is 0 Å². The fourth-order valence-electron chi connectivity index (χ4n) is 2.09. The first-order chi connectivity index (χ1) is 7.79. The van der Waals surface area contributed by atoms with Gasteiger partial charge in [0.1, 0.15) is 11.3 Å². The van der Waals surface area contributed by atoms with Crippen molar-refractivity contribution in [2.75, 3.05) is 5.88 Å². The number of halogens is 1. The van der Waals surface area contributed by atoms with Crippen LogP contribution in [0.5, 0.6) is 0 Å². The van der Waals surface area contributed by atoms with Crippen LogP contribution < -0.4 is 0 Å². The molecule has 2 aromatic rings. The largest absolute Gasteiger partial charge is 0.310 e. The Morgan fingerprint density at radius 3 is 2.88 bits per heavy atom. The van der Waals surface area contributed by atoms with Crippen LogP contribution in [-0.2, 0) is 6.42 Å². The molecule has 0 N–H and O–H groups in total. The average molecular weight is 236 g/mol. The highest BCUT2D eigenvalue weighted by molar-refractivity contribution is 6.17. The molecular weight excluding hydrogens is 222 g/mol. The first-order valence-electron chi connectivity index (χ1n) is 5.70. The van der Waals surface area contributed by atoms with Crippen molar-refractivity contribution in [1.82, 2.24) is 14.5 Å². The van der Waals surface area contributed by atoms with Crippen molar-refractivity contribution in [3.8, 4) is 0 Å².